The van der Waals surface area contributed by atoms with Gasteiger partial charge in [0.05, 0.1) is 0 Å². The van der Waals surface area contributed by atoms with Crippen molar-refractivity contribution in [3.05, 3.63) is 34.6 Å². The minimum Gasteiger partial charge on any atom is -0.241 e. The molecule has 0 bridgehead atoms. The lowest BCUT2D eigenvalue weighted by molar-refractivity contribution is 0.817. The maximum atomic E-state index is 5.87. The Bertz CT molecular complexity index is 380. The van der Waals surface area contributed by atoms with E-state index in [0.29, 0.717) is 11.1 Å². The van der Waals surface area contributed by atoms with Crippen LogP contribution in [0.15, 0.2) is 18.2 Å². The molecule has 1 aromatic rings. The van der Waals surface area contributed by atoms with Gasteiger partial charge in [-0.25, -0.2) is 4.98 Å². The zero-order valence-corrected chi connectivity index (χ0v) is 9.30. The van der Waals surface area contributed by atoms with Crippen molar-refractivity contribution in [1.82, 2.24) is 4.98 Å². The van der Waals surface area contributed by atoms with Gasteiger partial charge in [-0.3, -0.25) is 0 Å². The summed E-state index contributed by atoms with van der Waals surface area (Å²) < 4.78 is 0. The normalized spacial score (nSPS) is 15.3. The van der Waals surface area contributed by atoms with Gasteiger partial charge in [0.2, 0.25) is 0 Å². The summed E-state index contributed by atoms with van der Waals surface area (Å²) in [4.78, 5) is 4.37. The van der Waals surface area contributed by atoms with E-state index < -0.39 is 0 Å². The zero-order valence-electron chi connectivity index (χ0n) is 8.55. The van der Waals surface area contributed by atoms with Gasteiger partial charge in [-0.1, -0.05) is 31.5 Å². The molecule has 1 aliphatic carbocycles. The van der Waals surface area contributed by atoms with Crippen LogP contribution in [0.3, 0.4) is 0 Å². The molecule has 1 nitrogen and oxygen atoms in total. The second-order valence-electron chi connectivity index (χ2n) is 3.98. The van der Waals surface area contributed by atoms with Crippen molar-refractivity contribution in [3.8, 4) is 0 Å². The lowest BCUT2D eigenvalue weighted by Crippen LogP contribution is -2.06. The number of hydrogen-bond acceptors (Lipinski definition) is 1. The first-order valence-electron chi connectivity index (χ1n) is 5.04. The molecule has 1 aliphatic rings. The Kier molecular flexibility index (Phi) is 2.60. The lowest BCUT2D eigenvalue weighted by atomic mass is 9.88. The second kappa shape index (κ2) is 3.74. The molecule has 0 radical (unpaired) electrons. The Morgan fingerprint density at radius 2 is 2.14 bits per heavy atom. The van der Waals surface area contributed by atoms with Crippen LogP contribution in [0.2, 0.25) is 5.15 Å². The van der Waals surface area contributed by atoms with E-state index in [1.54, 1.807) is 0 Å². The topological polar surface area (TPSA) is 12.9 Å². The molecule has 0 amide bonds. The van der Waals surface area contributed by atoms with Gasteiger partial charge in [-0.05, 0) is 42.0 Å². The Morgan fingerprint density at radius 3 is 2.86 bits per heavy atom. The van der Waals surface area contributed by atoms with Gasteiger partial charge >= 0.3 is 0 Å². The molecule has 0 unspecified atom stereocenters. The summed E-state index contributed by atoms with van der Waals surface area (Å²) in [7, 11) is 0. The van der Waals surface area contributed by atoms with Gasteiger partial charge in [0.15, 0.2) is 0 Å². The minimum absolute atomic E-state index is 0.567. The van der Waals surface area contributed by atoms with E-state index >= 15 is 0 Å². The van der Waals surface area contributed by atoms with Gasteiger partial charge in [0, 0.05) is 5.69 Å². The van der Waals surface area contributed by atoms with E-state index in [9.17, 15) is 0 Å². The quantitative estimate of drug-likeness (QED) is 0.640. The van der Waals surface area contributed by atoms with E-state index in [-0.39, 0.29) is 0 Å². The van der Waals surface area contributed by atoms with Crippen LogP contribution in [0.5, 0.6) is 0 Å². The third-order valence-electron chi connectivity index (χ3n) is 2.62. The molecule has 0 aromatic carbocycles. The van der Waals surface area contributed by atoms with Crippen LogP contribution in [-0.4, -0.2) is 4.98 Å². The molecular formula is C12H14ClN. The third kappa shape index (κ3) is 1.69. The van der Waals surface area contributed by atoms with Crippen LogP contribution < -0.4 is 0 Å². The molecule has 0 saturated heterocycles. The lowest BCUT2D eigenvalue weighted by Gasteiger charge is -2.19. The predicted molar refractivity (Wildman–Crippen MR) is 60.4 cm³/mol. The standard InChI is InChI=1S/C12H14ClN/c1-8(2)9-4-3-5-11-10(9)6-7-12(13)14-11/h4,6-8H,3,5H2,1-2H3. The highest BCUT2D eigenvalue weighted by molar-refractivity contribution is 6.29. The molecule has 74 valence electrons. The van der Waals surface area contributed by atoms with Crippen LogP contribution >= 0.6 is 11.6 Å². The number of aryl methyl sites for hydroxylation is 1. The summed E-state index contributed by atoms with van der Waals surface area (Å²) in [5.41, 5.74) is 3.86. The minimum atomic E-state index is 0.567. The fraction of sp³-hybridized carbons (Fsp3) is 0.417. The average molecular weight is 208 g/mol. The summed E-state index contributed by atoms with van der Waals surface area (Å²) >= 11 is 5.87. The number of aromatic nitrogens is 1. The zero-order chi connectivity index (χ0) is 10.1. The highest BCUT2D eigenvalue weighted by atomic mass is 35.5. The predicted octanol–water partition coefficient (Wildman–Crippen LogP) is 3.72. The SMILES string of the molecule is CC(C)C1=CCCc2nc(Cl)ccc21. The van der Waals surface area contributed by atoms with E-state index in [4.69, 9.17) is 11.6 Å². The van der Waals surface area contributed by atoms with Gasteiger partial charge in [-0.15, -0.1) is 0 Å². The van der Waals surface area contributed by atoms with Crippen molar-refractivity contribution in [2.45, 2.75) is 26.7 Å². The second-order valence-corrected chi connectivity index (χ2v) is 4.37. The molecular weight excluding hydrogens is 194 g/mol. The Labute approximate surface area is 89.8 Å². The van der Waals surface area contributed by atoms with Crippen molar-refractivity contribution in [3.63, 3.8) is 0 Å². The van der Waals surface area contributed by atoms with Crippen LogP contribution in [0.1, 0.15) is 31.5 Å². The summed E-state index contributed by atoms with van der Waals surface area (Å²) in [6.07, 6.45) is 4.43. The molecule has 1 aromatic heterocycles. The van der Waals surface area contributed by atoms with Crippen LogP contribution in [0, 0.1) is 5.92 Å². The molecule has 0 atom stereocenters. The molecule has 0 N–H and O–H groups in total. The highest BCUT2D eigenvalue weighted by Gasteiger charge is 2.15. The van der Waals surface area contributed by atoms with E-state index in [1.165, 1.54) is 11.1 Å². The van der Waals surface area contributed by atoms with Gasteiger partial charge in [0.1, 0.15) is 5.15 Å². The van der Waals surface area contributed by atoms with Crippen LogP contribution in [0.25, 0.3) is 5.57 Å². The number of hydrogen-bond donors (Lipinski definition) is 0. The monoisotopic (exact) mass is 207 g/mol. The van der Waals surface area contributed by atoms with Gasteiger partial charge in [-0.2, -0.15) is 0 Å². The van der Waals surface area contributed by atoms with Gasteiger partial charge < -0.3 is 0 Å². The smallest absolute Gasteiger partial charge is 0.129 e. The first kappa shape index (κ1) is 9.72. The Hall–Kier alpha value is -0.820. The van der Waals surface area contributed by atoms with Gasteiger partial charge in [0.25, 0.3) is 0 Å². The molecule has 0 fully saturated rings. The number of halogens is 1. The number of nitrogens with zero attached hydrogens (tertiary/aromatic N) is 1. The van der Waals surface area contributed by atoms with Crippen molar-refractivity contribution < 1.29 is 0 Å². The summed E-state index contributed by atoms with van der Waals surface area (Å²) in [5, 5.41) is 0.605. The summed E-state index contributed by atoms with van der Waals surface area (Å²) in [5.74, 6) is 0.567. The Morgan fingerprint density at radius 1 is 1.36 bits per heavy atom. The molecule has 14 heavy (non-hydrogen) atoms. The molecule has 2 rings (SSSR count). The van der Waals surface area contributed by atoms with Crippen LogP contribution in [-0.2, 0) is 6.42 Å². The van der Waals surface area contributed by atoms with E-state index in [2.05, 4.69) is 31.0 Å². The highest BCUT2D eigenvalue weighted by Crippen LogP contribution is 2.31. The van der Waals surface area contributed by atoms with Crippen molar-refractivity contribution >= 4 is 17.2 Å². The molecule has 1 heterocycles. The first-order valence-corrected chi connectivity index (χ1v) is 5.42. The maximum absolute atomic E-state index is 5.87. The molecule has 0 aliphatic heterocycles. The fourth-order valence-electron chi connectivity index (χ4n) is 1.95. The molecule has 2 heteroatoms. The summed E-state index contributed by atoms with van der Waals surface area (Å²) in [6.45, 7) is 4.44. The summed E-state index contributed by atoms with van der Waals surface area (Å²) in [6, 6.07) is 3.97. The number of pyridine rings is 1. The number of rotatable bonds is 1. The molecule has 0 saturated carbocycles. The van der Waals surface area contributed by atoms with Crippen molar-refractivity contribution in [2.75, 3.05) is 0 Å². The van der Waals surface area contributed by atoms with Crippen molar-refractivity contribution in [2.24, 2.45) is 5.92 Å². The Balaban J connectivity index is 2.49. The maximum Gasteiger partial charge on any atom is 0.129 e. The third-order valence-corrected chi connectivity index (χ3v) is 2.83. The number of allylic oxidation sites excluding steroid dienone is 2. The van der Waals surface area contributed by atoms with Crippen LogP contribution in [0.4, 0.5) is 0 Å². The van der Waals surface area contributed by atoms with E-state index in [0.717, 1.165) is 18.5 Å². The number of fused-ring (bicyclic) bond motifs is 1. The average Bonchev–Trinajstić information content (AvgIpc) is 2.16. The fourth-order valence-corrected chi connectivity index (χ4v) is 2.11. The molecule has 0 spiro atoms. The van der Waals surface area contributed by atoms with E-state index in [1.807, 2.05) is 6.07 Å². The largest absolute Gasteiger partial charge is 0.241 e. The first-order chi connectivity index (χ1) is 6.68. The van der Waals surface area contributed by atoms with Crippen molar-refractivity contribution in [1.29, 1.82) is 0 Å².